The number of nitrogens with zero attached hydrogens (tertiary/aromatic N) is 1. The number of unbranched alkanes of at least 4 members (excludes halogenated alkanes) is 7. The molecular weight excluding hydrogens is 351 g/mol. The van der Waals surface area contributed by atoms with Crippen molar-refractivity contribution in [1.82, 2.24) is 4.31 Å². The van der Waals surface area contributed by atoms with Gasteiger partial charge in [-0.3, -0.25) is 13.9 Å². The van der Waals surface area contributed by atoms with Crippen molar-refractivity contribution < 1.29 is 27.1 Å². The first kappa shape index (κ1) is 22.9. The van der Waals surface area contributed by atoms with Crippen LogP contribution in [0.25, 0.3) is 0 Å². The topological polar surface area (TPSA) is 60.8 Å². The minimum absolute atomic E-state index is 0.0265. The first-order chi connectivity index (χ1) is 10.6. The Hall–Kier alpha value is -0.120. The number of amides is 1. The highest BCUT2D eigenvalue weighted by atomic mass is 32.3. The Morgan fingerprint density at radius 3 is 1.87 bits per heavy atom. The molecule has 9 heteroatoms. The molecule has 0 spiro atoms. The van der Waals surface area contributed by atoms with Crippen LogP contribution in [0.4, 0.5) is 13.2 Å². The number of thioether (sulfide) groups is 1. The van der Waals surface area contributed by atoms with E-state index in [1.165, 1.54) is 25.0 Å². The highest BCUT2D eigenvalue weighted by molar-refractivity contribution is 8.23. The molecule has 0 saturated heterocycles. The molecule has 140 valence electrons. The third kappa shape index (κ3) is 9.07. The molecular formula is C14H28F3NO3S2. The van der Waals surface area contributed by atoms with Crippen LogP contribution in [-0.4, -0.2) is 43.9 Å². The van der Waals surface area contributed by atoms with Crippen molar-refractivity contribution in [1.29, 1.82) is 0 Å². The van der Waals surface area contributed by atoms with Gasteiger partial charge in [-0.2, -0.15) is 24.9 Å². The van der Waals surface area contributed by atoms with Crippen LogP contribution >= 0.6 is 22.5 Å². The first-order valence-corrected chi connectivity index (χ1v) is 10.6. The largest absolute Gasteiger partial charge is 0.514 e. The van der Waals surface area contributed by atoms with Crippen molar-refractivity contribution in [2.75, 3.05) is 19.1 Å². The van der Waals surface area contributed by atoms with E-state index < -0.39 is 22.2 Å². The zero-order valence-corrected chi connectivity index (χ0v) is 15.4. The molecule has 0 unspecified atom stereocenters. The number of alkyl halides is 3. The van der Waals surface area contributed by atoms with Crippen molar-refractivity contribution in [3.8, 4) is 0 Å². The monoisotopic (exact) mass is 379 g/mol. The van der Waals surface area contributed by atoms with Gasteiger partial charge in [0.15, 0.2) is 0 Å². The summed E-state index contributed by atoms with van der Waals surface area (Å²) < 4.78 is 55.4. The molecule has 1 amide bonds. The predicted molar refractivity (Wildman–Crippen MR) is 91.6 cm³/mol. The van der Waals surface area contributed by atoms with Crippen molar-refractivity contribution in [2.45, 2.75) is 63.3 Å². The molecule has 23 heavy (non-hydrogen) atoms. The van der Waals surface area contributed by atoms with E-state index >= 15 is 0 Å². The fourth-order valence-electron chi connectivity index (χ4n) is 2.04. The van der Waals surface area contributed by atoms with Gasteiger partial charge in [0.25, 0.3) is 0 Å². The Morgan fingerprint density at radius 2 is 1.43 bits per heavy atom. The quantitative estimate of drug-likeness (QED) is 0.439. The van der Waals surface area contributed by atoms with Gasteiger partial charge in [0.05, 0.1) is 0 Å². The Bertz CT molecular complexity index is 342. The lowest BCUT2D eigenvalue weighted by Gasteiger charge is -2.40. The maximum absolute atomic E-state index is 12.4. The lowest BCUT2D eigenvalue weighted by atomic mass is 10.1. The molecule has 2 N–H and O–H groups in total. The molecule has 0 aromatic rings. The SMILES string of the molecule is CSCCCCCCCCCCC(=O)N(C)S(O)(O)C(F)(F)F. The number of hydrogen-bond donors (Lipinski definition) is 2. The van der Waals surface area contributed by atoms with Crippen molar-refractivity contribution in [2.24, 2.45) is 0 Å². The van der Waals surface area contributed by atoms with Gasteiger partial charge in [0.2, 0.25) is 5.91 Å². The zero-order chi connectivity index (χ0) is 17.9. The van der Waals surface area contributed by atoms with Gasteiger partial charge in [0.1, 0.15) is 0 Å². The molecule has 0 bridgehead atoms. The predicted octanol–water partition coefficient (Wildman–Crippen LogP) is 5.50. The molecule has 0 aliphatic heterocycles. The van der Waals surface area contributed by atoms with E-state index in [0.29, 0.717) is 6.42 Å². The number of carbonyl (C=O) groups is 1. The van der Waals surface area contributed by atoms with E-state index in [1.807, 2.05) is 11.8 Å². The second kappa shape index (κ2) is 11.4. The van der Waals surface area contributed by atoms with Crippen LogP contribution in [0.1, 0.15) is 57.8 Å². The van der Waals surface area contributed by atoms with E-state index in [1.54, 1.807) is 0 Å². The van der Waals surface area contributed by atoms with E-state index in [-0.39, 0.29) is 10.7 Å². The van der Waals surface area contributed by atoms with E-state index in [4.69, 9.17) is 9.11 Å². The van der Waals surface area contributed by atoms with Crippen molar-refractivity contribution in [3.05, 3.63) is 0 Å². The standard InChI is InChI=1S/C14H28F3NO3S2/c1-18(23(20,21)14(15,16)17)13(19)11-9-7-5-3-4-6-8-10-12-22-2/h20-21H,3-12H2,1-2H3. The molecule has 0 atom stereocenters. The number of hydrogen-bond acceptors (Lipinski definition) is 4. The summed E-state index contributed by atoms with van der Waals surface area (Å²) in [6.45, 7) is 0. The van der Waals surface area contributed by atoms with Crippen LogP contribution in [-0.2, 0) is 4.79 Å². The first-order valence-electron chi connectivity index (χ1n) is 7.74. The van der Waals surface area contributed by atoms with Crippen LogP contribution in [0, 0.1) is 0 Å². The lowest BCUT2D eigenvalue weighted by Crippen LogP contribution is -2.37. The van der Waals surface area contributed by atoms with E-state index in [0.717, 1.165) is 32.7 Å². The molecule has 0 aromatic carbocycles. The normalized spacial score (nSPS) is 13.2. The summed E-state index contributed by atoms with van der Waals surface area (Å²) in [6, 6.07) is 0. The smallest absolute Gasteiger partial charge is 0.275 e. The molecule has 0 heterocycles. The highest BCUT2D eigenvalue weighted by Gasteiger charge is 2.50. The number of carbonyl (C=O) groups excluding carboxylic acids is 1. The fourth-order valence-corrected chi connectivity index (χ4v) is 3.22. The van der Waals surface area contributed by atoms with Gasteiger partial charge in [-0.15, -0.1) is 0 Å². The second-order valence-corrected chi connectivity index (χ2v) is 8.46. The Labute approximate surface area is 142 Å². The van der Waals surface area contributed by atoms with Crippen LogP contribution in [0.5, 0.6) is 0 Å². The lowest BCUT2D eigenvalue weighted by molar-refractivity contribution is -0.128. The van der Waals surface area contributed by atoms with Gasteiger partial charge in [-0.25, -0.2) is 4.31 Å². The minimum atomic E-state index is -5.21. The zero-order valence-electron chi connectivity index (χ0n) is 13.8. The minimum Gasteiger partial charge on any atom is -0.275 e. The van der Waals surface area contributed by atoms with Crippen LogP contribution in [0.15, 0.2) is 0 Å². The molecule has 0 rings (SSSR count). The second-order valence-electron chi connectivity index (χ2n) is 5.43. The van der Waals surface area contributed by atoms with Crippen LogP contribution in [0.3, 0.4) is 0 Å². The Kier molecular flexibility index (Phi) is 11.4. The average molecular weight is 380 g/mol. The molecule has 0 fully saturated rings. The van der Waals surface area contributed by atoms with Gasteiger partial charge in [-0.1, -0.05) is 38.5 Å². The highest BCUT2D eigenvalue weighted by Crippen LogP contribution is 2.57. The molecule has 0 aliphatic rings. The van der Waals surface area contributed by atoms with E-state index in [9.17, 15) is 18.0 Å². The summed E-state index contributed by atoms with van der Waals surface area (Å²) >= 11 is 1.84. The number of rotatable bonds is 12. The maximum atomic E-state index is 12.4. The van der Waals surface area contributed by atoms with Gasteiger partial charge in [-0.05, 0) is 35.6 Å². The summed E-state index contributed by atoms with van der Waals surface area (Å²) in [5.74, 6) is 0.298. The van der Waals surface area contributed by atoms with Crippen molar-refractivity contribution >= 4 is 28.4 Å². The fraction of sp³-hybridized carbons (Fsp3) is 0.929. The molecule has 0 aliphatic carbocycles. The molecule has 0 saturated carbocycles. The third-order valence-electron chi connectivity index (χ3n) is 3.53. The van der Waals surface area contributed by atoms with E-state index in [2.05, 4.69) is 6.26 Å². The van der Waals surface area contributed by atoms with Gasteiger partial charge in [0, 0.05) is 13.5 Å². The summed E-state index contributed by atoms with van der Waals surface area (Å²) in [5, 5.41) is 0. The maximum Gasteiger partial charge on any atom is 0.514 e. The summed E-state index contributed by atoms with van der Waals surface area (Å²) in [5.41, 5.74) is -5.21. The summed E-state index contributed by atoms with van der Waals surface area (Å²) in [4.78, 5) is 11.6. The molecule has 0 aromatic heterocycles. The van der Waals surface area contributed by atoms with Gasteiger partial charge >= 0.3 is 5.51 Å². The van der Waals surface area contributed by atoms with Crippen LogP contribution in [0.2, 0.25) is 0 Å². The Balaban J connectivity index is 3.75. The summed E-state index contributed by atoms with van der Waals surface area (Å²) in [6.07, 6.45) is 9.98. The third-order valence-corrected chi connectivity index (χ3v) is 5.82. The Morgan fingerprint density at radius 1 is 1.00 bits per heavy atom. The van der Waals surface area contributed by atoms with Crippen molar-refractivity contribution in [3.63, 3.8) is 0 Å². The molecule has 0 radical (unpaired) electrons. The summed E-state index contributed by atoms with van der Waals surface area (Å²) in [7, 11) is -4.28. The van der Waals surface area contributed by atoms with Crippen LogP contribution < -0.4 is 0 Å². The number of halogens is 3. The molecule has 4 nitrogen and oxygen atoms in total. The van der Waals surface area contributed by atoms with Gasteiger partial charge < -0.3 is 0 Å². The average Bonchev–Trinajstić information content (AvgIpc) is 2.46.